The molecule has 3 nitrogen and oxygen atoms in total. The lowest BCUT2D eigenvalue weighted by Crippen LogP contribution is -2.26. The number of nitrogens with zero attached hydrogens (tertiary/aromatic N) is 1. The Bertz CT molecular complexity index is 1040. The summed E-state index contributed by atoms with van der Waals surface area (Å²) in [7, 11) is 0.985. The van der Waals surface area contributed by atoms with Crippen LogP contribution in [0.1, 0.15) is 11.5 Å². The van der Waals surface area contributed by atoms with Crippen LogP contribution in [0.5, 0.6) is 0 Å². The first-order chi connectivity index (χ1) is 11.6. The highest BCUT2D eigenvalue weighted by molar-refractivity contribution is 9.08. The van der Waals surface area contributed by atoms with Crippen molar-refractivity contribution in [2.45, 2.75) is 11.5 Å². The second-order valence-corrected chi connectivity index (χ2v) is 6.27. The number of benzene rings is 1. The summed E-state index contributed by atoms with van der Waals surface area (Å²) in [5, 5.41) is 0.549. The number of rotatable bonds is 2. The monoisotopic (exact) mass is 437 g/mol. The van der Waals surface area contributed by atoms with Crippen molar-refractivity contribution in [2.24, 2.45) is 7.05 Å². The van der Waals surface area contributed by atoms with Crippen molar-refractivity contribution in [3.05, 3.63) is 56.9 Å². The Labute approximate surface area is 151 Å². The van der Waals surface area contributed by atoms with Gasteiger partial charge in [0.1, 0.15) is 17.3 Å². The Morgan fingerprint density at radius 2 is 1.96 bits per heavy atom. The lowest BCUT2D eigenvalue weighted by atomic mass is 10.0. The Morgan fingerprint density at radius 3 is 2.56 bits per heavy atom. The molecule has 0 fully saturated rings. The summed E-state index contributed by atoms with van der Waals surface area (Å²) in [6.07, 6.45) is -4.70. The minimum atomic E-state index is -4.70. The molecule has 0 amide bonds. The second-order valence-electron chi connectivity index (χ2n) is 5.30. The molecule has 3 rings (SSSR count). The van der Waals surface area contributed by atoms with Gasteiger partial charge in [-0.3, -0.25) is 4.79 Å². The standard InChI is InChI=1S/C16H9BrClF4NO2/c1-23-12(16(20,21)22)3-2-8(15(23)24)13-9-4-7(6-17)25-14(9)10(18)5-11(13)19/h2-5H,6H2,1H3. The zero-order chi connectivity index (χ0) is 18.5. The van der Waals surface area contributed by atoms with E-state index in [-0.39, 0.29) is 27.1 Å². The third-order valence-corrected chi connectivity index (χ3v) is 4.59. The molecule has 0 N–H and O–H groups in total. The molecule has 2 aromatic heterocycles. The third kappa shape index (κ3) is 2.97. The van der Waals surface area contributed by atoms with Crippen LogP contribution in [-0.2, 0) is 18.6 Å². The van der Waals surface area contributed by atoms with Gasteiger partial charge in [0.15, 0.2) is 5.58 Å². The van der Waals surface area contributed by atoms with E-state index in [2.05, 4.69) is 15.9 Å². The molecule has 0 atom stereocenters. The number of halogens is 6. The molecule has 25 heavy (non-hydrogen) atoms. The van der Waals surface area contributed by atoms with Crippen LogP contribution >= 0.6 is 27.5 Å². The van der Waals surface area contributed by atoms with Crippen molar-refractivity contribution < 1.29 is 22.0 Å². The quantitative estimate of drug-likeness (QED) is 0.391. The highest BCUT2D eigenvalue weighted by Crippen LogP contribution is 2.37. The van der Waals surface area contributed by atoms with Crippen LogP contribution in [0.3, 0.4) is 0 Å². The van der Waals surface area contributed by atoms with Crippen LogP contribution < -0.4 is 5.56 Å². The highest BCUT2D eigenvalue weighted by Gasteiger charge is 2.34. The Morgan fingerprint density at radius 1 is 1.28 bits per heavy atom. The minimum absolute atomic E-state index is 0.00665. The first-order valence-electron chi connectivity index (χ1n) is 6.89. The molecule has 2 heterocycles. The zero-order valence-electron chi connectivity index (χ0n) is 12.5. The van der Waals surface area contributed by atoms with Gasteiger partial charge in [-0.25, -0.2) is 4.39 Å². The first kappa shape index (κ1) is 18.0. The van der Waals surface area contributed by atoms with Crippen molar-refractivity contribution in [3.8, 4) is 11.1 Å². The average molecular weight is 439 g/mol. The summed E-state index contributed by atoms with van der Waals surface area (Å²) in [4.78, 5) is 12.4. The maximum Gasteiger partial charge on any atom is 0.431 e. The number of alkyl halides is 4. The van der Waals surface area contributed by atoms with Gasteiger partial charge in [-0.05, 0) is 24.3 Å². The van der Waals surface area contributed by atoms with Gasteiger partial charge in [0.25, 0.3) is 5.56 Å². The highest BCUT2D eigenvalue weighted by atomic mass is 79.9. The zero-order valence-corrected chi connectivity index (χ0v) is 14.9. The maximum absolute atomic E-state index is 14.5. The number of pyridine rings is 1. The smallest absolute Gasteiger partial charge is 0.431 e. The molecule has 0 saturated carbocycles. The molecule has 0 spiro atoms. The van der Waals surface area contributed by atoms with E-state index in [1.165, 1.54) is 6.07 Å². The van der Waals surface area contributed by atoms with Crippen LogP contribution in [0.15, 0.2) is 33.5 Å². The summed E-state index contributed by atoms with van der Waals surface area (Å²) in [5.41, 5.74) is -2.30. The van der Waals surface area contributed by atoms with Crippen molar-refractivity contribution in [3.63, 3.8) is 0 Å². The number of fused-ring (bicyclic) bond motifs is 1. The van der Waals surface area contributed by atoms with E-state index in [4.69, 9.17) is 16.0 Å². The molecule has 0 saturated heterocycles. The summed E-state index contributed by atoms with van der Waals surface area (Å²) >= 11 is 9.16. The SMILES string of the molecule is Cn1c(C(F)(F)F)ccc(-c2c(F)cc(Cl)c3oc(CBr)cc23)c1=O. The molecule has 0 bridgehead atoms. The predicted octanol–water partition coefficient (Wildman–Crippen LogP) is 5.50. The third-order valence-electron chi connectivity index (χ3n) is 3.76. The van der Waals surface area contributed by atoms with Crippen LogP contribution in [0.4, 0.5) is 17.6 Å². The number of furan rings is 1. The molecule has 0 radical (unpaired) electrons. The molecule has 3 aromatic rings. The number of aromatic nitrogens is 1. The van der Waals surface area contributed by atoms with Crippen LogP contribution in [-0.4, -0.2) is 4.57 Å². The molecule has 0 unspecified atom stereocenters. The van der Waals surface area contributed by atoms with E-state index in [0.29, 0.717) is 15.7 Å². The van der Waals surface area contributed by atoms with E-state index in [1.807, 2.05) is 0 Å². The van der Waals surface area contributed by atoms with Crippen LogP contribution in [0, 0.1) is 5.82 Å². The van der Waals surface area contributed by atoms with Gasteiger partial charge in [-0.1, -0.05) is 27.5 Å². The Hall–Kier alpha value is -1.80. The van der Waals surface area contributed by atoms with Crippen molar-refractivity contribution in [1.82, 2.24) is 4.57 Å². The van der Waals surface area contributed by atoms with Gasteiger partial charge in [-0.15, -0.1) is 0 Å². The molecular formula is C16H9BrClF4NO2. The normalized spacial score (nSPS) is 12.1. The fourth-order valence-electron chi connectivity index (χ4n) is 2.63. The van der Waals surface area contributed by atoms with Gasteiger partial charge in [0.05, 0.1) is 15.9 Å². The van der Waals surface area contributed by atoms with E-state index >= 15 is 0 Å². The average Bonchev–Trinajstić information content (AvgIpc) is 2.94. The summed E-state index contributed by atoms with van der Waals surface area (Å²) in [5.74, 6) is -0.385. The Kier molecular flexibility index (Phi) is 4.45. The van der Waals surface area contributed by atoms with E-state index in [1.54, 1.807) is 0 Å². The largest absolute Gasteiger partial charge is 0.459 e. The lowest BCUT2D eigenvalue weighted by Gasteiger charge is -2.13. The van der Waals surface area contributed by atoms with E-state index < -0.39 is 23.2 Å². The molecular weight excluding hydrogens is 430 g/mol. The fourth-order valence-corrected chi connectivity index (χ4v) is 3.15. The topological polar surface area (TPSA) is 35.1 Å². The van der Waals surface area contributed by atoms with Crippen molar-refractivity contribution in [1.29, 1.82) is 0 Å². The molecule has 0 aliphatic rings. The van der Waals surface area contributed by atoms with Crippen LogP contribution in [0.25, 0.3) is 22.1 Å². The lowest BCUT2D eigenvalue weighted by molar-refractivity contribution is -0.143. The van der Waals surface area contributed by atoms with Crippen molar-refractivity contribution in [2.75, 3.05) is 0 Å². The molecule has 0 aliphatic carbocycles. The molecule has 132 valence electrons. The van der Waals surface area contributed by atoms with E-state index in [9.17, 15) is 22.4 Å². The summed E-state index contributed by atoms with van der Waals surface area (Å²) < 4.78 is 59.2. The predicted molar refractivity (Wildman–Crippen MR) is 89.5 cm³/mol. The van der Waals surface area contributed by atoms with Gasteiger partial charge in [0, 0.05) is 18.0 Å². The maximum atomic E-state index is 14.5. The fraction of sp³-hybridized carbons (Fsp3) is 0.188. The molecule has 0 aliphatic heterocycles. The second kappa shape index (κ2) is 6.17. The first-order valence-corrected chi connectivity index (χ1v) is 8.39. The summed E-state index contributed by atoms with van der Waals surface area (Å²) in [6.45, 7) is 0. The van der Waals surface area contributed by atoms with Gasteiger partial charge in [-0.2, -0.15) is 13.2 Å². The summed E-state index contributed by atoms with van der Waals surface area (Å²) in [6, 6.07) is 4.16. The van der Waals surface area contributed by atoms with Crippen molar-refractivity contribution >= 4 is 38.5 Å². The van der Waals surface area contributed by atoms with Gasteiger partial charge < -0.3 is 8.98 Å². The van der Waals surface area contributed by atoms with Gasteiger partial charge in [0.2, 0.25) is 0 Å². The van der Waals surface area contributed by atoms with Gasteiger partial charge >= 0.3 is 6.18 Å². The number of hydrogen-bond acceptors (Lipinski definition) is 2. The molecule has 9 heteroatoms. The Balaban J connectivity index is 2.36. The van der Waals surface area contributed by atoms with Crippen LogP contribution in [0.2, 0.25) is 5.02 Å². The van der Waals surface area contributed by atoms with E-state index in [0.717, 1.165) is 25.2 Å². The minimum Gasteiger partial charge on any atom is -0.459 e. The number of hydrogen-bond donors (Lipinski definition) is 0. The molecule has 1 aromatic carbocycles.